The highest BCUT2D eigenvalue weighted by Crippen LogP contribution is 2.43. The fraction of sp³-hybridized carbons (Fsp3) is 0.673. The summed E-state index contributed by atoms with van der Waals surface area (Å²) in [5.41, 5.74) is 0. The van der Waals surface area contributed by atoms with Crippen molar-refractivity contribution in [3.8, 4) is 0 Å². The van der Waals surface area contributed by atoms with E-state index in [-0.39, 0.29) is 32.2 Å². The van der Waals surface area contributed by atoms with Crippen molar-refractivity contribution in [3.63, 3.8) is 0 Å². The summed E-state index contributed by atoms with van der Waals surface area (Å²) < 4.78 is 35.0. The maximum atomic E-state index is 12.7. The number of phosphoric acid groups is 1. The van der Waals surface area contributed by atoms with E-state index in [0.717, 1.165) is 96.3 Å². The molecule has 0 amide bonds. The zero-order chi connectivity index (χ0) is 44.8. The van der Waals surface area contributed by atoms with Gasteiger partial charge in [-0.1, -0.05) is 162 Å². The van der Waals surface area contributed by atoms with Gasteiger partial charge in [0.2, 0.25) is 0 Å². The number of allylic oxidation sites excluding steroid dienone is 16. The number of nitrogens with zero attached hydrogens (tertiary/aromatic N) is 1. The lowest BCUT2D eigenvalue weighted by molar-refractivity contribution is -0.870. The predicted octanol–water partition coefficient (Wildman–Crippen LogP) is 14.6. The van der Waals surface area contributed by atoms with Gasteiger partial charge >= 0.3 is 13.8 Å². The van der Waals surface area contributed by atoms with Crippen LogP contribution in [0.3, 0.4) is 0 Å². The number of rotatable bonds is 43. The summed E-state index contributed by atoms with van der Waals surface area (Å²) in [5.74, 6) is -0.352. The summed E-state index contributed by atoms with van der Waals surface area (Å²) in [6.07, 6.45) is 60.2. The summed E-state index contributed by atoms with van der Waals surface area (Å²) in [7, 11) is 1.62. The minimum absolute atomic E-state index is 0.0739. The van der Waals surface area contributed by atoms with E-state index in [1.54, 1.807) is 0 Å². The summed E-state index contributed by atoms with van der Waals surface area (Å²) in [6, 6.07) is 0. The van der Waals surface area contributed by atoms with Gasteiger partial charge in [-0.05, 0) is 96.3 Å². The highest BCUT2D eigenvalue weighted by atomic mass is 31.2. The van der Waals surface area contributed by atoms with Crippen LogP contribution < -0.4 is 0 Å². The van der Waals surface area contributed by atoms with Crippen molar-refractivity contribution in [2.24, 2.45) is 0 Å². The number of esters is 1. The molecule has 350 valence electrons. The van der Waals surface area contributed by atoms with Gasteiger partial charge in [-0.25, -0.2) is 4.57 Å². The van der Waals surface area contributed by atoms with E-state index >= 15 is 0 Å². The third-order valence-electron chi connectivity index (χ3n) is 9.63. The first-order chi connectivity index (χ1) is 29.6. The van der Waals surface area contributed by atoms with Crippen LogP contribution in [0.2, 0.25) is 0 Å². The Morgan fingerprint density at radius 1 is 0.525 bits per heavy atom. The average molecular weight is 873 g/mol. The minimum Gasteiger partial charge on any atom is -0.457 e. The number of hydrogen-bond donors (Lipinski definition) is 1. The second kappa shape index (κ2) is 44.0. The Morgan fingerprint density at radius 3 is 1.43 bits per heavy atom. The molecule has 2 atom stereocenters. The molecule has 0 saturated carbocycles. The van der Waals surface area contributed by atoms with Crippen LogP contribution in [0.1, 0.15) is 168 Å². The van der Waals surface area contributed by atoms with E-state index < -0.39 is 13.9 Å². The van der Waals surface area contributed by atoms with Crippen molar-refractivity contribution in [2.75, 3.05) is 54.1 Å². The van der Waals surface area contributed by atoms with E-state index in [1.807, 2.05) is 21.1 Å². The number of hydrogen-bond acceptors (Lipinski definition) is 6. The molecule has 0 heterocycles. The normalized spacial score (nSPS) is 14.5. The van der Waals surface area contributed by atoms with Gasteiger partial charge in [-0.15, -0.1) is 0 Å². The Kier molecular flexibility index (Phi) is 42.2. The summed E-state index contributed by atoms with van der Waals surface area (Å²) >= 11 is 0. The van der Waals surface area contributed by atoms with Gasteiger partial charge in [-0.3, -0.25) is 13.8 Å². The number of carbonyl (C=O) groups excluding carboxylic acids is 1. The highest BCUT2D eigenvalue weighted by Gasteiger charge is 2.26. The Labute approximate surface area is 375 Å². The quantitative estimate of drug-likeness (QED) is 0.0214. The summed E-state index contributed by atoms with van der Waals surface area (Å²) in [5, 5.41) is 0. The molecule has 0 spiro atoms. The molecule has 0 bridgehead atoms. The van der Waals surface area contributed by atoms with E-state index in [0.29, 0.717) is 17.6 Å². The van der Waals surface area contributed by atoms with Crippen LogP contribution in [-0.4, -0.2) is 75.6 Å². The second-order valence-corrected chi connectivity index (χ2v) is 18.2. The van der Waals surface area contributed by atoms with Gasteiger partial charge in [0, 0.05) is 13.0 Å². The van der Waals surface area contributed by atoms with Gasteiger partial charge in [0.1, 0.15) is 19.3 Å². The second-order valence-electron chi connectivity index (χ2n) is 16.8. The molecule has 61 heavy (non-hydrogen) atoms. The number of ether oxygens (including phenoxy) is 2. The summed E-state index contributed by atoms with van der Waals surface area (Å²) in [4.78, 5) is 23.0. The van der Waals surface area contributed by atoms with Crippen LogP contribution in [0.25, 0.3) is 0 Å². The van der Waals surface area contributed by atoms with E-state index in [2.05, 4.69) is 111 Å². The number of phosphoric ester groups is 1. The maximum absolute atomic E-state index is 12.7. The van der Waals surface area contributed by atoms with Crippen LogP contribution in [0.15, 0.2) is 97.2 Å². The van der Waals surface area contributed by atoms with Crippen LogP contribution in [0.5, 0.6) is 0 Å². The topological polar surface area (TPSA) is 91.3 Å². The molecule has 0 aromatic rings. The van der Waals surface area contributed by atoms with Gasteiger partial charge < -0.3 is 18.9 Å². The molecule has 0 radical (unpaired) electrons. The number of unbranched alkanes of at least 4 members (excludes halogenated alkanes) is 13. The van der Waals surface area contributed by atoms with Crippen molar-refractivity contribution >= 4 is 13.8 Å². The predicted molar refractivity (Wildman–Crippen MR) is 261 cm³/mol. The van der Waals surface area contributed by atoms with Crippen LogP contribution >= 0.6 is 7.82 Å². The van der Waals surface area contributed by atoms with E-state index in [9.17, 15) is 14.3 Å². The number of carbonyl (C=O) groups is 1. The third kappa shape index (κ3) is 48.3. The van der Waals surface area contributed by atoms with Gasteiger partial charge in [0.25, 0.3) is 0 Å². The standard InChI is InChI=1S/C52H90NO7P/c1-6-8-10-12-14-16-18-20-22-24-26-28-30-32-34-36-38-40-42-44-47-57-49-51(50-59-61(55,56)58-48-46-53(3,4)5)60-52(54)45-43-41-39-37-35-33-31-29-27-25-23-21-19-17-15-13-11-9-7-2/h9,11,14-17,20-23,26-29,33,35,51H,6-8,10,12-13,18-19,24-25,30-32,34,36-50H2,1-5H3/p+1/b11-9-,16-14-,17-15-,22-20-,23-21-,28-26-,29-27-,35-33-. The Morgan fingerprint density at radius 2 is 0.951 bits per heavy atom. The molecule has 0 fully saturated rings. The molecular formula is C52H91NO7P+. The van der Waals surface area contributed by atoms with Gasteiger partial charge in [-0.2, -0.15) is 0 Å². The van der Waals surface area contributed by atoms with Crippen molar-refractivity contribution in [1.82, 2.24) is 0 Å². The lowest BCUT2D eigenvalue weighted by atomic mass is 10.1. The highest BCUT2D eigenvalue weighted by molar-refractivity contribution is 7.47. The number of likely N-dealkylation sites (N-methyl/N-ethyl adjacent to an activating group) is 1. The Balaban J connectivity index is 4.30. The molecular weight excluding hydrogens is 782 g/mol. The molecule has 0 aliphatic heterocycles. The maximum Gasteiger partial charge on any atom is 0.472 e. The molecule has 2 unspecified atom stereocenters. The third-order valence-corrected chi connectivity index (χ3v) is 10.6. The lowest BCUT2D eigenvalue weighted by Gasteiger charge is -2.24. The molecule has 8 nitrogen and oxygen atoms in total. The monoisotopic (exact) mass is 873 g/mol. The Hall–Kier alpha value is -2.58. The van der Waals surface area contributed by atoms with Crippen molar-refractivity contribution in [3.05, 3.63) is 97.2 Å². The molecule has 0 aliphatic carbocycles. The number of quaternary nitrogens is 1. The van der Waals surface area contributed by atoms with Gasteiger partial charge in [0.15, 0.2) is 0 Å². The van der Waals surface area contributed by atoms with Crippen LogP contribution in [0, 0.1) is 0 Å². The minimum atomic E-state index is -4.30. The van der Waals surface area contributed by atoms with E-state index in [4.69, 9.17) is 18.5 Å². The van der Waals surface area contributed by atoms with Crippen LogP contribution in [0.4, 0.5) is 0 Å². The summed E-state index contributed by atoms with van der Waals surface area (Å²) in [6.45, 7) is 5.39. The fourth-order valence-electron chi connectivity index (χ4n) is 5.94. The first kappa shape index (κ1) is 58.4. The first-order valence-electron chi connectivity index (χ1n) is 24.0. The average Bonchev–Trinajstić information content (AvgIpc) is 3.22. The zero-order valence-corrected chi connectivity index (χ0v) is 40.5. The largest absolute Gasteiger partial charge is 0.472 e. The zero-order valence-electron chi connectivity index (χ0n) is 39.6. The smallest absolute Gasteiger partial charge is 0.457 e. The van der Waals surface area contributed by atoms with Gasteiger partial charge in [0.05, 0.1) is 34.4 Å². The fourth-order valence-corrected chi connectivity index (χ4v) is 6.68. The van der Waals surface area contributed by atoms with Crippen molar-refractivity contribution in [1.29, 1.82) is 0 Å². The molecule has 0 rings (SSSR count). The first-order valence-corrected chi connectivity index (χ1v) is 25.5. The SMILES string of the molecule is CC/C=C\C/C=C\C/C=C\C/C=C\C/C=C\CCCCCC(=O)OC(COCCCCCCCCC/C=C\C/C=C\C/C=C\CCCCC)COP(=O)(O)OCC[N+](C)(C)C. The molecule has 0 saturated heterocycles. The Bertz CT molecular complexity index is 1290. The molecule has 9 heteroatoms. The van der Waals surface area contributed by atoms with E-state index in [1.165, 1.54) is 51.4 Å². The molecule has 1 N–H and O–H groups in total. The van der Waals surface area contributed by atoms with Crippen molar-refractivity contribution < 1.29 is 37.3 Å². The van der Waals surface area contributed by atoms with Crippen LogP contribution in [-0.2, 0) is 27.9 Å². The molecule has 0 aliphatic rings. The molecule has 0 aromatic heterocycles. The lowest BCUT2D eigenvalue weighted by Crippen LogP contribution is -2.37. The molecule has 0 aromatic carbocycles. The van der Waals surface area contributed by atoms with Crippen molar-refractivity contribution in [2.45, 2.75) is 174 Å².